The molecule has 4 heteroatoms. The van der Waals surface area contributed by atoms with Crippen LogP contribution in [0, 0.1) is 34.5 Å². The molecule has 0 spiro atoms. The molecule has 4 saturated carbocycles. The lowest BCUT2D eigenvalue weighted by molar-refractivity contribution is -0.133. The molecular formula is C24H36N2O2. The first-order chi connectivity index (χ1) is 13.3. The van der Waals surface area contributed by atoms with Crippen LogP contribution in [-0.4, -0.2) is 32.2 Å². The zero-order valence-corrected chi connectivity index (χ0v) is 17.6. The minimum atomic E-state index is -0.322. The number of hydrogen-bond donors (Lipinski definition) is 2. The number of aliphatic hydroxyl groups excluding tert-OH is 2. The number of nitrogens with zero attached hydrogens (tertiary/aromatic N) is 2. The summed E-state index contributed by atoms with van der Waals surface area (Å²) < 4.78 is 1.83. The summed E-state index contributed by atoms with van der Waals surface area (Å²) in [5.74, 6) is 2.78. The topological polar surface area (TPSA) is 58.3 Å². The third kappa shape index (κ3) is 2.67. The van der Waals surface area contributed by atoms with E-state index in [4.69, 9.17) is 0 Å². The van der Waals surface area contributed by atoms with E-state index >= 15 is 0 Å². The smallest absolute Gasteiger partial charge is 0.0809 e. The van der Waals surface area contributed by atoms with Crippen molar-refractivity contribution in [3.8, 4) is 0 Å². The Bertz CT molecular complexity index is 785. The predicted molar refractivity (Wildman–Crippen MR) is 110 cm³/mol. The molecule has 28 heavy (non-hydrogen) atoms. The van der Waals surface area contributed by atoms with Crippen molar-refractivity contribution in [2.45, 2.75) is 77.4 Å². The minimum absolute atomic E-state index is 0.0204. The molecule has 1 aromatic rings. The van der Waals surface area contributed by atoms with Gasteiger partial charge in [-0.3, -0.25) is 4.68 Å². The van der Waals surface area contributed by atoms with Crippen LogP contribution in [0.15, 0.2) is 18.0 Å². The van der Waals surface area contributed by atoms with Crippen molar-refractivity contribution >= 4 is 6.08 Å². The van der Waals surface area contributed by atoms with Gasteiger partial charge in [0.25, 0.3) is 0 Å². The van der Waals surface area contributed by atoms with E-state index in [1.807, 2.05) is 24.1 Å². The van der Waals surface area contributed by atoms with Gasteiger partial charge in [-0.05, 0) is 86.0 Å². The van der Waals surface area contributed by atoms with Crippen molar-refractivity contribution in [2.75, 3.05) is 0 Å². The second-order valence-electron chi connectivity index (χ2n) is 10.9. The molecule has 4 aliphatic carbocycles. The van der Waals surface area contributed by atoms with Gasteiger partial charge in [0.2, 0.25) is 0 Å². The van der Waals surface area contributed by atoms with Crippen LogP contribution in [0.5, 0.6) is 0 Å². The summed E-state index contributed by atoms with van der Waals surface area (Å²) in [5, 5.41) is 25.8. The number of hydrogen-bond acceptors (Lipinski definition) is 3. The number of fused-ring (bicyclic) bond motifs is 5. The normalized spacial score (nSPS) is 49.5. The van der Waals surface area contributed by atoms with Crippen LogP contribution >= 0.6 is 0 Å². The lowest BCUT2D eigenvalue weighted by Crippen LogP contribution is -2.54. The van der Waals surface area contributed by atoms with Crippen LogP contribution in [0.4, 0.5) is 0 Å². The molecule has 0 saturated heterocycles. The Labute approximate surface area is 169 Å². The highest BCUT2D eigenvalue weighted by Gasteiger charge is 2.61. The second kappa shape index (κ2) is 6.43. The summed E-state index contributed by atoms with van der Waals surface area (Å²) in [6.07, 6.45) is 14.9. The highest BCUT2D eigenvalue weighted by Crippen LogP contribution is 2.67. The van der Waals surface area contributed by atoms with Gasteiger partial charge in [0.05, 0.1) is 18.4 Å². The first kappa shape index (κ1) is 18.9. The zero-order chi connectivity index (χ0) is 19.7. The highest BCUT2D eigenvalue weighted by atomic mass is 16.3. The molecule has 1 aromatic heterocycles. The standard InChI is InChI=1S/C24H36N2O2/c1-23-8-6-18(27)12-17(23)4-5-19-20(23)7-9-24(2)21(19)11-16(22(24)28)10-15-13-25-26(3)14-15/h10,13-14,17-22,27-28H,4-9,11-12H2,1-3H3/b16-10+/t17-,18-,19-,20+,21+,22+,23+,24+/m1/s1. The molecule has 154 valence electrons. The van der Waals surface area contributed by atoms with Gasteiger partial charge in [-0.15, -0.1) is 0 Å². The van der Waals surface area contributed by atoms with Crippen molar-refractivity contribution in [2.24, 2.45) is 41.5 Å². The van der Waals surface area contributed by atoms with Crippen LogP contribution in [0.1, 0.15) is 70.8 Å². The third-order valence-corrected chi connectivity index (χ3v) is 9.58. The molecule has 0 radical (unpaired) electrons. The average Bonchev–Trinajstić information content (AvgIpc) is 3.18. The Morgan fingerprint density at radius 1 is 1.07 bits per heavy atom. The van der Waals surface area contributed by atoms with Crippen LogP contribution in [0.2, 0.25) is 0 Å². The SMILES string of the molecule is Cn1cc(/C=C2\C[C@H]3[C@@H]4CC[C@@H]5C[C@H](O)CC[C@]5(C)[C@H]4CC[C@]3(C)[C@H]2O)cn1. The Kier molecular flexibility index (Phi) is 4.34. The van der Waals surface area contributed by atoms with Crippen LogP contribution in [0.3, 0.4) is 0 Å². The molecule has 1 heterocycles. The number of rotatable bonds is 1. The molecule has 0 aliphatic heterocycles. The summed E-state index contributed by atoms with van der Waals surface area (Å²) in [4.78, 5) is 0. The molecule has 0 amide bonds. The highest BCUT2D eigenvalue weighted by molar-refractivity contribution is 5.54. The molecule has 4 fully saturated rings. The molecular weight excluding hydrogens is 348 g/mol. The summed E-state index contributed by atoms with van der Waals surface area (Å²) in [5.41, 5.74) is 2.73. The van der Waals surface area contributed by atoms with Crippen LogP contribution in [0.25, 0.3) is 6.08 Å². The maximum absolute atomic E-state index is 11.3. The van der Waals surface area contributed by atoms with Gasteiger partial charge in [-0.1, -0.05) is 19.9 Å². The van der Waals surface area contributed by atoms with Crippen LogP contribution in [-0.2, 0) is 7.05 Å². The average molecular weight is 385 g/mol. The summed E-state index contributed by atoms with van der Waals surface area (Å²) >= 11 is 0. The molecule has 4 aliphatic rings. The van der Waals surface area contributed by atoms with Gasteiger partial charge in [0.1, 0.15) is 0 Å². The molecule has 0 unspecified atom stereocenters. The fourth-order valence-electron chi connectivity index (χ4n) is 7.96. The lowest BCUT2D eigenvalue weighted by Gasteiger charge is -2.60. The summed E-state index contributed by atoms with van der Waals surface area (Å²) in [6.45, 7) is 4.88. The number of aliphatic hydroxyl groups is 2. The summed E-state index contributed by atoms with van der Waals surface area (Å²) in [6, 6.07) is 0. The largest absolute Gasteiger partial charge is 0.393 e. The van der Waals surface area contributed by atoms with Gasteiger partial charge in [-0.2, -0.15) is 5.10 Å². The van der Waals surface area contributed by atoms with E-state index in [-0.39, 0.29) is 17.6 Å². The number of aryl methyl sites for hydroxylation is 1. The lowest BCUT2D eigenvalue weighted by atomic mass is 9.45. The van der Waals surface area contributed by atoms with Crippen molar-refractivity contribution in [1.82, 2.24) is 9.78 Å². The van der Waals surface area contributed by atoms with Crippen LogP contribution < -0.4 is 0 Å². The van der Waals surface area contributed by atoms with E-state index in [1.165, 1.54) is 31.3 Å². The van der Waals surface area contributed by atoms with E-state index < -0.39 is 0 Å². The van der Waals surface area contributed by atoms with Gasteiger partial charge >= 0.3 is 0 Å². The van der Waals surface area contributed by atoms with E-state index in [0.29, 0.717) is 17.3 Å². The first-order valence-electron chi connectivity index (χ1n) is 11.4. The van der Waals surface area contributed by atoms with E-state index in [2.05, 4.69) is 25.0 Å². The first-order valence-corrected chi connectivity index (χ1v) is 11.4. The molecule has 8 atom stereocenters. The van der Waals surface area contributed by atoms with Gasteiger partial charge in [0, 0.05) is 24.2 Å². The van der Waals surface area contributed by atoms with E-state index in [1.54, 1.807) is 0 Å². The quantitative estimate of drug-likeness (QED) is 0.764. The summed E-state index contributed by atoms with van der Waals surface area (Å²) in [7, 11) is 1.94. The molecule has 0 aromatic carbocycles. The Hall–Kier alpha value is -1.13. The minimum Gasteiger partial charge on any atom is -0.393 e. The monoisotopic (exact) mass is 384 g/mol. The van der Waals surface area contributed by atoms with Crippen molar-refractivity contribution in [3.05, 3.63) is 23.5 Å². The van der Waals surface area contributed by atoms with Crippen molar-refractivity contribution in [3.63, 3.8) is 0 Å². The molecule has 0 bridgehead atoms. The van der Waals surface area contributed by atoms with E-state index in [0.717, 1.165) is 43.1 Å². The Morgan fingerprint density at radius 2 is 1.86 bits per heavy atom. The van der Waals surface area contributed by atoms with Crippen molar-refractivity contribution in [1.29, 1.82) is 0 Å². The maximum Gasteiger partial charge on any atom is 0.0809 e. The fraction of sp³-hybridized carbons (Fsp3) is 0.792. The number of aromatic nitrogens is 2. The van der Waals surface area contributed by atoms with Gasteiger partial charge in [-0.25, -0.2) is 0 Å². The Morgan fingerprint density at radius 3 is 2.61 bits per heavy atom. The van der Waals surface area contributed by atoms with E-state index in [9.17, 15) is 10.2 Å². The van der Waals surface area contributed by atoms with Gasteiger partial charge in [0.15, 0.2) is 0 Å². The maximum atomic E-state index is 11.3. The van der Waals surface area contributed by atoms with Crippen molar-refractivity contribution < 1.29 is 10.2 Å². The third-order valence-electron chi connectivity index (χ3n) is 9.58. The molecule has 4 nitrogen and oxygen atoms in total. The zero-order valence-electron chi connectivity index (χ0n) is 17.6. The fourth-order valence-corrected chi connectivity index (χ4v) is 7.96. The molecule has 5 rings (SSSR count). The second-order valence-corrected chi connectivity index (χ2v) is 10.9. The Balaban J connectivity index is 1.44. The predicted octanol–water partition coefficient (Wildman–Crippen LogP) is 4.18. The molecule has 2 N–H and O–H groups in total. The van der Waals surface area contributed by atoms with Gasteiger partial charge < -0.3 is 10.2 Å².